The predicted octanol–water partition coefficient (Wildman–Crippen LogP) is 4.69. The first-order chi connectivity index (χ1) is 18.0. The Balaban J connectivity index is 1.61. The lowest BCUT2D eigenvalue weighted by Gasteiger charge is -2.31. The van der Waals surface area contributed by atoms with Gasteiger partial charge in [0.15, 0.2) is 16.3 Å². The Morgan fingerprint density at radius 1 is 1.08 bits per heavy atom. The molecule has 8 heteroatoms. The average Bonchev–Trinajstić information content (AvgIpc) is 3.23. The summed E-state index contributed by atoms with van der Waals surface area (Å²) in [6.45, 7) is 0. The van der Waals surface area contributed by atoms with Crippen molar-refractivity contribution in [2.75, 3.05) is 14.2 Å². The number of benzene rings is 3. The molecular formula is C29H23ClN2O4S. The fraction of sp³-hybridized carbons (Fsp3) is 0.172. The number of phenolic OH excluding ortho intramolecular Hbond substituents is 1. The van der Waals surface area contributed by atoms with E-state index in [0.29, 0.717) is 14.9 Å². The highest BCUT2D eigenvalue weighted by Crippen LogP contribution is 2.41. The Morgan fingerprint density at radius 2 is 1.92 bits per heavy atom. The molecule has 6 rings (SSSR count). The molecule has 6 nitrogen and oxygen atoms in total. The minimum absolute atomic E-state index is 0.132. The lowest BCUT2D eigenvalue weighted by molar-refractivity contribution is 0.373. The van der Waals surface area contributed by atoms with Crippen molar-refractivity contribution in [1.29, 1.82) is 0 Å². The number of halogens is 1. The van der Waals surface area contributed by atoms with E-state index in [1.54, 1.807) is 29.9 Å². The molecule has 0 radical (unpaired) electrons. The molecule has 4 aromatic rings. The van der Waals surface area contributed by atoms with Gasteiger partial charge >= 0.3 is 0 Å². The third kappa shape index (κ3) is 3.95. The van der Waals surface area contributed by atoms with Crippen molar-refractivity contribution >= 4 is 34.7 Å². The minimum Gasteiger partial charge on any atom is -0.503 e. The number of ether oxygens (including phenoxy) is 2. The van der Waals surface area contributed by atoms with Gasteiger partial charge in [-0.05, 0) is 65.4 Å². The molecule has 1 N–H and O–H groups in total. The van der Waals surface area contributed by atoms with Gasteiger partial charge in [-0.15, -0.1) is 0 Å². The van der Waals surface area contributed by atoms with Gasteiger partial charge in [0.05, 0.1) is 35.5 Å². The first-order valence-electron chi connectivity index (χ1n) is 11.8. The van der Waals surface area contributed by atoms with Gasteiger partial charge in [-0.3, -0.25) is 9.36 Å². The summed E-state index contributed by atoms with van der Waals surface area (Å²) in [6, 6.07) is 19.2. The fourth-order valence-corrected chi connectivity index (χ4v) is 6.34. The molecule has 3 aromatic carbocycles. The second kappa shape index (κ2) is 9.25. The summed E-state index contributed by atoms with van der Waals surface area (Å²) < 4.78 is 13.1. The maximum atomic E-state index is 13.9. The van der Waals surface area contributed by atoms with E-state index in [4.69, 9.17) is 26.1 Å². The van der Waals surface area contributed by atoms with Crippen molar-refractivity contribution < 1.29 is 14.6 Å². The Hall–Kier alpha value is -3.81. The third-order valence-corrected chi connectivity index (χ3v) is 8.12. The van der Waals surface area contributed by atoms with Gasteiger partial charge in [-0.2, -0.15) is 0 Å². The number of aromatic nitrogens is 1. The number of nitrogens with zero attached hydrogens (tertiary/aromatic N) is 2. The van der Waals surface area contributed by atoms with Crippen molar-refractivity contribution in [3.63, 3.8) is 0 Å². The van der Waals surface area contributed by atoms with Crippen LogP contribution in [0.3, 0.4) is 0 Å². The monoisotopic (exact) mass is 530 g/mol. The van der Waals surface area contributed by atoms with Crippen LogP contribution in [-0.2, 0) is 6.42 Å². The highest BCUT2D eigenvalue weighted by Gasteiger charge is 2.32. The average molecular weight is 531 g/mol. The van der Waals surface area contributed by atoms with Gasteiger partial charge in [0.2, 0.25) is 0 Å². The molecule has 2 heterocycles. The summed E-state index contributed by atoms with van der Waals surface area (Å²) in [6.07, 6.45) is 3.46. The van der Waals surface area contributed by atoms with Crippen LogP contribution in [0, 0.1) is 0 Å². The van der Waals surface area contributed by atoms with E-state index < -0.39 is 0 Å². The molecule has 0 amide bonds. The molecule has 2 aliphatic rings. The van der Waals surface area contributed by atoms with Crippen molar-refractivity contribution in [2.24, 2.45) is 4.99 Å². The molecule has 1 aromatic heterocycles. The number of aryl methyl sites for hydroxylation is 1. The van der Waals surface area contributed by atoms with Crippen LogP contribution in [-0.4, -0.2) is 23.9 Å². The highest BCUT2D eigenvalue weighted by molar-refractivity contribution is 7.07. The van der Waals surface area contributed by atoms with Gasteiger partial charge in [-0.25, -0.2) is 4.99 Å². The molecule has 0 bridgehead atoms. The van der Waals surface area contributed by atoms with E-state index in [9.17, 15) is 9.90 Å². The maximum absolute atomic E-state index is 13.9. The molecule has 0 saturated carbocycles. The standard InChI is InChI=1S/C29H23ClN2O4S/c1-35-19-8-5-7-18(15-19)26-21-11-10-17-6-3-4-9-20(17)25(21)31-29-32(26)28(34)24(37-29)14-16-12-22(30)27(33)23(13-16)36-2/h3-9,12-15,26,33H,10-11H2,1-2H3/b24-14+/t26-/m0/s1. The highest BCUT2D eigenvalue weighted by atomic mass is 35.5. The van der Waals surface area contributed by atoms with Crippen LogP contribution in [0.25, 0.3) is 11.8 Å². The zero-order valence-electron chi connectivity index (χ0n) is 20.2. The van der Waals surface area contributed by atoms with Crippen LogP contribution in [0.5, 0.6) is 17.2 Å². The van der Waals surface area contributed by atoms with E-state index in [1.165, 1.54) is 24.0 Å². The summed E-state index contributed by atoms with van der Waals surface area (Å²) >= 11 is 7.54. The van der Waals surface area contributed by atoms with Crippen molar-refractivity contribution in [1.82, 2.24) is 4.57 Å². The zero-order valence-corrected chi connectivity index (χ0v) is 21.8. The topological polar surface area (TPSA) is 73.1 Å². The first kappa shape index (κ1) is 23.6. The number of phenols is 1. The minimum atomic E-state index is -0.296. The Labute approximate surface area is 222 Å². The summed E-state index contributed by atoms with van der Waals surface area (Å²) in [5.74, 6) is 0.848. The molecule has 1 aliphatic heterocycles. The number of hydrogen-bond donors (Lipinski definition) is 1. The van der Waals surface area contributed by atoms with Crippen LogP contribution in [0.2, 0.25) is 5.02 Å². The molecule has 0 saturated heterocycles. The third-order valence-electron chi connectivity index (χ3n) is 6.85. The van der Waals surface area contributed by atoms with Crippen molar-refractivity contribution in [2.45, 2.75) is 18.9 Å². The lowest BCUT2D eigenvalue weighted by atomic mass is 9.83. The predicted molar refractivity (Wildman–Crippen MR) is 145 cm³/mol. The van der Waals surface area contributed by atoms with Gasteiger partial charge in [-0.1, -0.05) is 59.3 Å². The fourth-order valence-electron chi connectivity index (χ4n) is 5.12. The smallest absolute Gasteiger partial charge is 0.271 e. The molecule has 1 aliphatic carbocycles. The van der Waals surface area contributed by atoms with E-state index in [0.717, 1.165) is 41.0 Å². The van der Waals surface area contributed by atoms with Gasteiger partial charge < -0.3 is 14.6 Å². The number of rotatable bonds is 4. The number of methoxy groups -OCH3 is 2. The number of allylic oxidation sites excluding steroid dienone is 1. The molecule has 186 valence electrons. The van der Waals surface area contributed by atoms with Crippen molar-refractivity contribution in [3.8, 4) is 17.2 Å². The number of aromatic hydroxyl groups is 1. The lowest BCUT2D eigenvalue weighted by Crippen LogP contribution is -2.38. The van der Waals surface area contributed by atoms with Gasteiger partial charge in [0.25, 0.3) is 5.56 Å². The van der Waals surface area contributed by atoms with Crippen LogP contribution in [0.4, 0.5) is 0 Å². The summed E-state index contributed by atoms with van der Waals surface area (Å²) in [5, 5.41) is 10.3. The quantitative estimate of drug-likeness (QED) is 0.415. The van der Waals surface area contributed by atoms with Gasteiger partial charge in [0.1, 0.15) is 5.75 Å². The SMILES string of the molecule is COc1cccc([C@H]2C3=C(N=c4s/c(=C/c5cc(Cl)c(O)c(OC)c5)c(=O)n42)c2ccccc2CC3)c1. The molecule has 0 spiro atoms. The largest absolute Gasteiger partial charge is 0.503 e. The summed E-state index contributed by atoms with van der Waals surface area (Å²) in [7, 11) is 3.10. The number of thiazole rings is 1. The van der Waals surface area contributed by atoms with Crippen LogP contribution in [0.15, 0.2) is 76.0 Å². The Kier molecular flexibility index (Phi) is 5.89. The maximum Gasteiger partial charge on any atom is 0.271 e. The Morgan fingerprint density at radius 3 is 2.73 bits per heavy atom. The van der Waals surface area contributed by atoms with Crippen LogP contribution >= 0.6 is 22.9 Å². The zero-order chi connectivity index (χ0) is 25.7. The second-order valence-electron chi connectivity index (χ2n) is 8.94. The van der Waals surface area contributed by atoms with Crippen molar-refractivity contribution in [3.05, 3.63) is 113 Å². The normalized spacial score (nSPS) is 16.5. The molecule has 37 heavy (non-hydrogen) atoms. The van der Waals surface area contributed by atoms with E-state index in [1.807, 2.05) is 30.3 Å². The summed E-state index contributed by atoms with van der Waals surface area (Å²) in [4.78, 5) is 19.6. The van der Waals surface area contributed by atoms with Gasteiger partial charge in [0, 0.05) is 5.56 Å². The van der Waals surface area contributed by atoms with Crippen LogP contribution < -0.4 is 24.4 Å². The molecule has 0 unspecified atom stereocenters. The van der Waals surface area contributed by atoms with Crippen LogP contribution in [0.1, 0.15) is 34.7 Å². The second-order valence-corrected chi connectivity index (χ2v) is 10.4. The molecule has 0 fully saturated rings. The number of hydrogen-bond acceptors (Lipinski definition) is 6. The first-order valence-corrected chi connectivity index (χ1v) is 13.0. The Bertz CT molecular complexity index is 1770. The molecule has 1 atom stereocenters. The van der Waals surface area contributed by atoms with E-state index in [-0.39, 0.29) is 28.1 Å². The summed E-state index contributed by atoms with van der Waals surface area (Å²) in [5.41, 5.74) is 5.94. The van der Waals surface area contributed by atoms with E-state index in [2.05, 4.69) is 18.2 Å². The number of fused-ring (bicyclic) bond motifs is 3. The molecular weight excluding hydrogens is 508 g/mol. The van der Waals surface area contributed by atoms with E-state index >= 15 is 0 Å².